The Labute approximate surface area is 141 Å². The molecule has 1 amide bonds. The van der Waals surface area contributed by atoms with Crippen molar-refractivity contribution in [3.05, 3.63) is 59.9 Å². The van der Waals surface area contributed by atoms with Gasteiger partial charge in [-0.25, -0.2) is 4.98 Å². The van der Waals surface area contributed by atoms with Crippen LogP contribution in [0.15, 0.2) is 58.7 Å². The van der Waals surface area contributed by atoms with Crippen LogP contribution >= 0.6 is 11.3 Å². The van der Waals surface area contributed by atoms with E-state index < -0.39 is 0 Å². The largest absolute Gasteiger partial charge is 0.356 e. The fraction of sp³-hybridized carbons (Fsp3) is 0.0588. The minimum absolute atomic E-state index is 0.138. The van der Waals surface area contributed by atoms with Crippen molar-refractivity contribution in [1.82, 2.24) is 15.1 Å². The predicted octanol–water partition coefficient (Wildman–Crippen LogP) is 3.53. The molecule has 0 unspecified atom stereocenters. The minimum Gasteiger partial charge on any atom is -0.356 e. The summed E-state index contributed by atoms with van der Waals surface area (Å²) in [5, 5.41) is 10.1. The van der Waals surface area contributed by atoms with E-state index in [-0.39, 0.29) is 12.3 Å². The number of thiazole rings is 1. The number of hydrogen-bond acceptors (Lipinski definition) is 6. The van der Waals surface area contributed by atoms with Crippen LogP contribution in [0.5, 0.6) is 0 Å². The van der Waals surface area contributed by atoms with E-state index in [1.165, 1.54) is 11.3 Å². The van der Waals surface area contributed by atoms with Crippen molar-refractivity contribution in [2.45, 2.75) is 6.42 Å². The van der Waals surface area contributed by atoms with E-state index in [1.807, 2.05) is 41.8 Å². The lowest BCUT2D eigenvalue weighted by Crippen LogP contribution is -2.14. The Morgan fingerprint density at radius 1 is 1.21 bits per heavy atom. The predicted molar refractivity (Wildman–Crippen MR) is 91.7 cm³/mol. The summed E-state index contributed by atoms with van der Waals surface area (Å²) in [5.41, 5.74) is 2.99. The Hall–Kier alpha value is -3.06. The first-order chi connectivity index (χ1) is 11.8. The Bertz CT molecular complexity index is 994. The first-order valence-electron chi connectivity index (χ1n) is 7.29. The molecule has 0 radical (unpaired) electrons. The molecular weight excluding hydrogens is 324 g/mol. The number of fused-ring (bicyclic) bond motifs is 1. The number of nitrogens with one attached hydrogen (secondary N) is 1. The molecular formula is C17H12N4O2S. The highest BCUT2D eigenvalue weighted by Gasteiger charge is 2.13. The zero-order valence-corrected chi connectivity index (χ0v) is 13.3. The lowest BCUT2D eigenvalue weighted by Gasteiger charge is -1.99. The third-order valence-corrected chi connectivity index (χ3v) is 4.25. The first kappa shape index (κ1) is 14.5. The van der Waals surface area contributed by atoms with Crippen LogP contribution in [0.4, 0.5) is 5.13 Å². The van der Waals surface area contributed by atoms with Crippen LogP contribution in [-0.2, 0) is 11.2 Å². The van der Waals surface area contributed by atoms with Gasteiger partial charge in [-0.3, -0.25) is 9.78 Å². The lowest BCUT2D eigenvalue weighted by molar-refractivity contribution is -0.115. The molecule has 0 bridgehead atoms. The molecule has 0 aliphatic rings. The van der Waals surface area contributed by atoms with Crippen molar-refractivity contribution < 1.29 is 9.32 Å². The van der Waals surface area contributed by atoms with E-state index in [9.17, 15) is 4.79 Å². The highest BCUT2D eigenvalue weighted by Crippen LogP contribution is 2.24. The number of aromatic nitrogens is 3. The van der Waals surface area contributed by atoms with Crippen LogP contribution in [0.1, 0.15) is 5.69 Å². The summed E-state index contributed by atoms with van der Waals surface area (Å²) in [5.74, 6) is -0.180. The number of rotatable bonds is 4. The lowest BCUT2D eigenvalue weighted by atomic mass is 10.2. The Morgan fingerprint density at radius 3 is 3.00 bits per heavy atom. The summed E-state index contributed by atoms with van der Waals surface area (Å²) >= 11 is 1.37. The number of pyridine rings is 1. The molecule has 0 aliphatic carbocycles. The smallest absolute Gasteiger partial charge is 0.232 e. The van der Waals surface area contributed by atoms with Gasteiger partial charge in [-0.2, -0.15) is 0 Å². The molecule has 1 N–H and O–H groups in total. The average molecular weight is 336 g/mol. The van der Waals surface area contributed by atoms with Gasteiger partial charge in [-0.1, -0.05) is 17.3 Å². The van der Waals surface area contributed by atoms with E-state index in [0.717, 1.165) is 16.6 Å². The van der Waals surface area contributed by atoms with Crippen molar-refractivity contribution in [2.24, 2.45) is 0 Å². The number of carbonyl (C=O) groups excluding carboxylic acids is 1. The van der Waals surface area contributed by atoms with Gasteiger partial charge >= 0.3 is 0 Å². The second-order valence-corrected chi connectivity index (χ2v) is 5.99. The molecule has 3 aromatic heterocycles. The van der Waals surface area contributed by atoms with Gasteiger partial charge < -0.3 is 9.84 Å². The zero-order valence-electron chi connectivity index (χ0n) is 12.5. The summed E-state index contributed by atoms with van der Waals surface area (Å²) < 4.78 is 5.21. The second-order valence-electron chi connectivity index (χ2n) is 5.13. The summed E-state index contributed by atoms with van der Waals surface area (Å²) in [4.78, 5) is 20.7. The van der Waals surface area contributed by atoms with Crippen LogP contribution in [0, 0.1) is 0 Å². The molecule has 1 aromatic carbocycles. The van der Waals surface area contributed by atoms with Crippen LogP contribution in [0.2, 0.25) is 0 Å². The molecule has 0 atom stereocenters. The van der Waals surface area contributed by atoms with Gasteiger partial charge in [-0.15, -0.1) is 11.3 Å². The summed E-state index contributed by atoms with van der Waals surface area (Å²) in [6.45, 7) is 0. The van der Waals surface area contributed by atoms with Crippen molar-refractivity contribution in [3.8, 4) is 11.3 Å². The summed E-state index contributed by atoms with van der Waals surface area (Å²) in [7, 11) is 0. The van der Waals surface area contributed by atoms with Gasteiger partial charge in [0.05, 0.1) is 12.1 Å². The Kier molecular flexibility index (Phi) is 3.76. The number of hydrogen-bond donors (Lipinski definition) is 1. The number of carbonyl (C=O) groups is 1. The van der Waals surface area contributed by atoms with E-state index in [2.05, 4.69) is 20.4 Å². The molecule has 4 rings (SSSR count). The molecule has 0 fully saturated rings. The third kappa shape index (κ3) is 2.89. The molecule has 24 heavy (non-hydrogen) atoms. The molecule has 4 aromatic rings. The van der Waals surface area contributed by atoms with Gasteiger partial charge in [0.25, 0.3) is 0 Å². The summed E-state index contributed by atoms with van der Waals surface area (Å²) in [6, 6.07) is 11.2. The zero-order chi connectivity index (χ0) is 16.4. The van der Waals surface area contributed by atoms with Crippen LogP contribution in [-0.4, -0.2) is 21.0 Å². The molecule has 6 nitrogen and oxygen atoms in total. The van der Waals surface area contributed by atoms with Gasteiger partial charge in [0.15, 0.2) is 10.7 Å². The van der Waals surface area contributed by atoms with Gasteiger partial charge in [0.1, 0.15) is 5.69 Å². The number of benzene rings is 1. The van der Waals surface area contributed by atoms with Gasteiger partial charge in [0, 0.05) is 28.7 Å². The van der Waals surface area contributed by atoms with Crippen molar-refractivity contribution in [1.29, 1.82) is 0 Å². The van der Waals surface area contributed by atoms with Crippen LogP contribution in [0.3, 0.4) is 0 Å². The SMILES string of the molecule is O=C(Cc1noc2ccccc12)Nc1nc(-c2cccnc2)cs1. The van der Waals surface area contributed by atoms with Crippen molar-refractivity contribution in [3.63, 3.8) is 0 Å². The molecule has 0 saturated carbocycles. The molecule has 0 spiro atoms. The molecule has 7 heteroatoms. The fourth-order valence-electron chi connectivity index (χ4n) is 2.36. The summed E-state index contributed by atoms with van der Waals surface area (Å²) in [6.07, 6.45) is 3.59. The quantitative estimate of drug-likeness (QED) is 0.616. The highest BCUT2D eigenvalue weighted by molar-refractivity contribution is 7.14. The van der Waals surface area contributed by atoms with E-state index in [1.54, 1.807) is 12.4 Å². The first-order valence-corrected chi connectivity index (χ1v) is 8.16. The standard InChI is InChI=1S/C17H12N4O2S/c22-16(8-13-12-5-1-2-6-15(12)23-21-13)20-17-19-14(10-24-17)11-4-3-7-18-9-11/h1-7,9-10H,8H2,(H,19,20,22). The third-order valence-electron chi connectivity index (χ3n) is 3.49. The maximum absolute atomic E-state index is 12.2. The minimum atomic E-state index is -0.180. The monoisotopic (exact) mass is 336 g/mol. The Morgan fingerprint density at radius 2 is 2.12 bits per heavy atom. The topological polar surface area (TPSA) is 80.9 Å². The molecule has 0 saturated heterocycles. The molecule has 118 valence electrons. The average Bonchev–Trinajstić information content (AvgIpc) is 3.23. The van der Waals surface area contributed by atoms with Gasteiger partial charge in [-0.05, 0) is 24.3 Å². The van der Waals surface area contributed by atoms with E-state index >= 15 is 0 Å². The van der Waals surface area contributed by atoms with Crippen LogP contribution in [0.25, 0.3) is 22.2 Å². The fourth-order valence-corrected chi connectivity index (χ4v) is 3.10. The highest BCUT2D eigenvalue weighted by atomic mass is 32.1. The number of amides is 1. The van der Waals surface area contributed by atoms with E-state index in [0.29, 0.717) is 16.4 Å². The Balaban J connectivity index is 1.48. The van der Waals surface area contributed by atoms with E-state index in [4.69, 9.17) is 4.52 Å². The number of para-hydroxylation sites is 1. The number of nitrogens with zero attached hydrogens (tertiary/aromatic N) is 3. The maximum Gasteiger partial charge on any atom is 0.232 e. The van der Waals surface area contributed by atoms with Crippen LogP contribution < -0.4 is 5.32 Å². The maximum atomic E-state index is 12.2. The second kappa shape index (κ2) is 6.21. The van der Waals surface area contributed by atoms with Crippen molar-refractivity contribution in [2.75, 3.05) is 5.32 Å². The number of anilines is 1. The normalized spacial score (nSPS) is 10.8. The molecule has 3 heterocycles. The molecule has 0 aliphatic heterocycles. The van der Waals surface area contributed by atoms with Gasteiger partial charge in [0.2, 0.25) is 5.91 Å². The van der Waals surface area contributed by atoms with Crippen molar-refractivity contribution >= 4 is 33.3 Å².